The molecule has 1 aromatic heterocycles. The molecule has 0 aliphatic rings. The zero-order valence-corrected chi connectivity index (χ0v) is 13.3. The molecule has 0 atom stereocenters. The average molecular weight is 317 g/mol. The molecule has 2 aromatic rings. The lowest BCUT2D eigenvalue weighted by Gasteiger charge is -2.16. The number of carbonyl (C=O) groups excluding carboxylic acids is 1. The van der Waals surface area contributed by atoms with E-state index in [1.54, 1.807) is 21.1 Å². The van der Waals surface area contributed by atoms with Gasteiger partial charge in [-0.05, 0) is 30.7 Å². The molecule has 0 spiro atoms. The third-order valence-corrected chi connectivity index (χ3v) is 3.51. The van der Waals surface area contributed by atoms with Crippen LogP contribution in [0.4, 0.5) is 0 Å². The number of rotatable bonds is 6. The standard InChI is InChI=1S/C17H19NO5/c1-11-15(17(20)21)9-14(23-11)10-18(2)16(19)8-12-5-4-6-13(7-12)22-3/h4-7,9H,8,10H2,1-3H3,(H,20,21). The third kappa shape index (κ3) is 4.12. The van der Waals surface area contributed by atoms with Crippen LogP contribution in [0.1, 0.15) is 27.4 Å². The molecule has 1 amide bonds. The highest BCUT2D eigenvalue weighted by Gasteiger charge is 2.17. The van der Waals surface area contributed by atoms with Crippen LogP contribution in [0.2, 0.25) is 0 Å². The number of hydrogen-bond donors (Lipinski definition) is 1. The summed E-state index contributed by atoms with van der Waals surface area (Å²) in [5.74, 6) is 0.347. The Labute approximate surface area is 134 Å². The number of methoxy groups -OCH3 is 1. The van der Waals surface area contributed by atoms with E-state index in [-0.39, 0.29) is 24.4 Å². The number of aromatic carboxylic acids is 1. The van der Waals surface area contributed by atoms with Gasteiger partial charge in [0.25, 0.3) is 0 Å². The van der Waals surface area contributed by atoms with Gasteiger partial charge in [-0.25, -0.2) is 4.79 Å². The molecule has 23 heavy (non-hydrogen) atoms. The number of carbonyl (C=O) groups is 2. The second kappa shape index (κ2) is 7.00. The predicted molar refractivity (Wildman–Crippen MR) is 83.6 cm³/mol. The van der Waals surface area contributed by atoms with Crippen LogP contribution in [-0.4, -0.2) is 36.0 Å². The quantitative estimate of drug-likeness (QED) is 0.885. The Balaban J connectivity index is 2.02. The van der Waals surface area contributed by atoms with Gasteiger partial charge in [0, 0.05) is 7.05 Å². The topological polar surface area (TPSA) is 80.0 Å². The second-order valence-electron chi connectivity index (χ2n) is 5.27. The molecular formula is C17H19NO5. The monoisotopic (exact) mass is 317 g/mol. The molecule has 0 aliphatic heterocycles. The van der Waals surface area contributed by atoms with E-state index in [1.165, 1.54) is 11.0 Å². The molecule has 0 fully saturated rings. The van der Waals surface area contributed by atoms with E-state index in [9.17, 15) is 9.59 Å². The van der Waals surface area contributed by atoms with Crippen LogP contribution in [0.25, 0.3) is 0 Å². The van der Waals surface area contributed by atoms with Crippen molar-refractivity contribution in [3.8, 4) is 5.75 Å². The molecule has 0 bridgehead atoms. The molecular weight excluding hydrogens is 298 g/mol. The first-order valence-electron chi connectivity index (χ1n) is 7.10. The maximum Gasteiger partial charge on any atom is 0.339 e. The molecule has 1 heterocycles. The molecule has 0 radical (unpaired) electrons. The molecule has 0 aliphatic carbocycles. The number of amides is 1. The van der Waals surface area contributed by atoms with E-state index in [1.807, 2.05) is 24.3 Å². The van der Waals surface area contributed by atoms with Crippen LogP contribution in [0.15, 0.2) is 34.7 Å². The second-order valence-corrected chi connectivity index (χ2v) is 5.27. The summed E-state index contributed by atoms with van der Waals surface area (Å²) in [6.07, 6.45) is 0.235. The highest BCUT2D eigenvalue weighted by atomic mass is 16.5. The van der Waals surface area contributed by atoms with Crippen LogP contribution in [0, 0.1) is 6.92 Å². The van der Waals surface area contributed by atoms with Crippen LogP contribution < -0.4 is 4.74 Å². The Morgan fingerprint density at radius 3 is 2.65 bits per heavy atom. The molecule has 1 N–H and O–H groups in total. The van der Waals surface area contributed by atoms with Crippen LogP contribution in [0.5, 0.6) is 5.75 Å². The van der Waals surface area contributed by atoms with Gasteiger partial charge < -0.3 is 19.2 Å². The molecule has 2 rings (SSSR count). The summed E-state index contributed by atoms with van der Waals surface area (Å²) >= 11 is 0. The first-order chi connectivity index (χ1) is 10.9. The van der Waals surface area contributed by atoms with Gasteiger partial charge in [0.05, 0.1) is 20.1 Å². The van der Waals surface area contributed by atoms with Crippen molar-refractivity contribution < 1.29 is 23.8 Å². The zero-order valence-electron chi connectivity index (χ0n) is 13.3. The number of carboxylic acids is 1. The van der Waals surface area contributed by atoms with Gasteiger partial charge in [0.2, 0.25) is 5.91 Å². The van der Waals surface area contributed by atoms with Crippen molar-refractivity contribution in [2.75, 3.05) is 14.2 Å². The van der Waals surface area contributed by atoms with E-state index in [2.05, 4.69) is 0 Å². The minimum absolute atomic E-state index is 0.0934. The summed E-state index contributed by atoms with van der Waals surface area (Å²) < 4.78 is 10.5. The minimum atomic E-state index is -1.04. The predicted octanol–water partition coefficient (Wildman–Crippen LogP) is 2.50. The van der Waals surface area contributed by atoms with Gasteiger partial charge >= 0.3 is 5.97 Å². The summed E-state index contributed by atoms with van der Waals surface area (Å²) in [5, 5.41) is 9.01. The van der Waals surface area contributed by atoms with Crippen LogP contribution >= 0.6 is 0 Å². The Bertz CT molecular complexity index is 720. The van der Waals surface area contributed by atoms with Crippen LogP contribution in [-0.2, 0) is 17.8 Å². The lowest BCUT2D eigenvalue weighted by molar-refractivity contribution is -0.129. The molecule has 6 heteroatoms. The van der Waals surface area contributed by atoms with Crippen molar-refractivity contribution in [3.05, 3.63) is 53.0 Å². The molecule has 0 saturated carbocycles. The largest absolute Gasteiger partial charge is 0.497 e. The van der Waals surface area contributed by atoms with Crippen molar-refractivity contribution in [1.82, 2.24) is 4.90 Å². The van der Waals surface area contributed by atoms with Gasteiger partial charge in [-0.1, -0.05) is 12.1 Å². The maximum absolute atomic E-state index is 12.3. The number of furan rings is 1. The fraction of sp³-hybridized carbons (Fsp3) is 0.294. The lowest BCUT2D eigenvalue weighted by atomic mass is 10.1. The minimum Gasteiger partial charge on any atom is -0.497 e. The van der Waals surface area contributed by atoms with Crippen molar-refractivity contribution >= 4 is 11.9 Å². The lowest BCUT2D eigenvalue weighted by Crippen LogP contribution is -2.27. The van der Waals surface area contributed by atoms with Crippen LogP contribution in [0.3, 0.4) is 0 Å². The highest BCUT2D eigenvalue weighted by Crippen LogP contribution is 2.17. The van der Waals surface area contributed by atoms with Gasteiger partial charge in [-0.3, -0.25) is 4.79 Å². The molecule has 0 saturated heterocycles. The maximum atomic E-state index is 12.3. The SMILES string of the molecule is COc1cccc(CC(=O)N(C)Cc2cc(C(=O)O)c(C)o2)c1. The molecule has 0 unspecified atom stereocenters. The number of nitrogens with zero attached hydrogens (tertiary/aromatic N) is 1. The number of carboxylic acid groups (broad SMARTS) is 1. The van der Waals surface area contributed by atoms with E-state index in [4.69, 9.17) is 14.3 Å². The normalized spacial score (nSPS) is 10.4. The Morgan fingerprint density at radius 1 is 1.30 bits per heavy atom. The van der Waals surface area contributed by atoms with E-state index < -0.39 is 5.97 Å². The fourth-order valence-electron chi connectivity index (χ4n) is 2.25. The smallest absolute Gasteiger partial charge is 0.339 e. The summed E-state index contributed by atoms with van der Waals surface area (Å²) in [5.41, 5.74) is 0.969. The first kappa shape index (κ1) is 16.6. The number of aryl methyl sites for hydroxylation is 1. The Morgan fingerprint density at radius 2 is 2.04 bits per heavy atom. The Kier molecular flexibility index (Phi) is 5.05. The van der Waals surface area contributed by atoms with Crippen molar-refractivity contribution in [1.29, 1.82) is 0 Å². The molecule has 6 nitrogen and oxygen atoms in total. The zero-order chi connectivity index (χ0) is 17.0. The van der Waals surface area contributed by atoms with Crippen molar-refractivity contribution in [3.63, 3.8) is 0 Å². The Hall–Kier alpha value is -2.76. The average Bonchev–Trinajstić information content (AvgIpc) is 2.88. The molecule has 122 valence electrons. The van der Waals surface area contributed by atoms with Gasteiger partial charge in [0.1, 0.15) is 22.8 Å². The van der Waals surface area contributed by atoms with E-state index >= 15 is 0 Å². The van der Waals surface area contributed by atoms with Gasteiger partial charge in [0.15, 0.2) is 0 Å². The summed E-state index contributed by atoms with van der Waals surface area (Å²) in [7, 11) is 3.23. The highest BCUT2D eigenvalue weighted by molar-refractivity contribution is 5.88. The molecule has 1 aromatic carbocycles. The fourth-order valence-corrected chi connectivity index (χ4v) is 2.25. The summed E-state index contributed by atoms with van der Waals surface area (Å²) in [6.45, 7) is 1.81. The summed E-state index contributed by atoms with van der Waals surface area (Å²) in [6, 6.07) is 8.76. The van der Waals surface area contributed by atoms with Crippen molar-refractivity contribution in [2.24, 2.45) is 0 Å². The van der Waals surface area contributed by atoms with Gasteiger partial charge in [-0.15, -0.1) is 0 Å². The van der Waals surface area contributed by atoms with Crippen molar-refractivity contribution in [2.45, 2.75) is 19.9 Å². The number of likely N-dealkylation sites (N-methyl/N-ethyl adjacent to an activating group) is 1. The van der Waals surface area contributed by atoms with E-state index in [0.29, 0.717) is 17.3 Å². The number of ether oxygens (including phenoxy) is 1. The third-order valence-electron chi connectivity index (χ3n) is 3.51. The van der Waals surface area contributed by atoms with Gasteiger partial charge in [-0.2, -0.15) is 0 Å². The number of hydrogen-bond acceptors (Lipinski definition) is 4. The summed E-state index contributed by atoms with van der Waals surface area (Å²) in [4.78, 5) is 24.8. The van der Waals surface area contributed by atoms with E-state index in [0.717, 1.165) is 5.56 Å². The number of benzene rings is 1. The first-order valence-corrected chi connectivity index (χ1v) is 7.10.